The molecule has 0 unspecified atom stereocenters. The van der Waals surface area contributed by atoms with Crippen LogP contribution in [0.5, 0.6) is 0 Å². The fourth-order valence-corrected chi connectivity index (χ4v) is 9.73. The summed E-state index contributed by atoms with van der Waals surface area (Å²) in [7, 11) is 2.01. The second-order valence-corrected chi connectivity index (χ2v) is 13.0. The van der Waals surface area contributed by atoms with Crippen molar-refractivity contribution in [2.75, 3.05) is 13.6 Å². The Bertz CT molecular complexity index is 760. The first-order chi connectivity index (χ1) is 15.2. The molecule has 1 N–H and O–H groups in total. The summed E-state index contributed by atoms with van der Waals surface area (Å²) in [5.74, 6) is 4.60. The van der Waals surface area contributed by atoms with Crippen molar-refractivity contribution in [1.29, 1.82) is 0 Å². The quantitative estimate of drug-likeness (QED) is 0.529. The normalized spacial score (nSPS) is 47.7. The maximum Gasteiger partial charge on any atom is 0.225 e. The summed E-state index contributed by atoms with van der Waals surface area (Å²) < 4.78 is 0. The Morgan fingerprint density at radius 2 is 1.91 bits per heavy atom. The minimum absolute atomic E-state index is 0.109. The SMILES string of the molecule is C[C@H](C[C@@H]1CCCCN(C)C1=O)[C@H]1CC[C@H]2[C@@H]3CC=C4C[C@@H](O)CC[C@]4(C)[C@H]3CC[C@]12C. The Kier molecular flexibility index (Phi) is 6.05. The van der Waals surface area contributed by atoms with Crippen LogP contribution in [0.15, 0.2) is 11.6 Å². The van der Waals surface area contributed by atoms with Crippen LogP contribution in [-0.2, 0) is 4.79 Å². The lowest BCUT2D eigenvalue weighted by Crippen LogP contribution is -2.51. The van der Waals surface area contributed by atoms with Gasteiger partial charge in [0.15, 0.2) is 0 Å². The molecule has 5 rings (SSSR count). The molecule has 0 bridgehead atoms. The molecule has 3 nitrogen and oxygen atoms in total. The average Bonchev–Trinajstić information content (AvgIpc) is 3.04. The van der Waals surface area contributed by atoms with E-state index in [2.05, 4.69) is 26.8 Å². The number of aliphatic hydroxyl groups excluding tert-OH is 1. The zero-order chi connectivity index (χ0) is 22.7. The van der Waals surface area contributed by atoms with E-state index in [1.165, 1.54) is 51.4 Å². The van der Waals surface area contributed by atoms with E-state index in [9.17, 15) is 9.90 Å². The van der Waals surface area contributed by atoms with Crippen molar-refractivity contribution in [1.82, 2.24) is 4.90 Å². The van der Waals surface area contributed by atoms with Crippen LogP contribution in [0.1, 0.15) is 97.8 Å². The molecule has 3 saturated carbocycles. The molecule has 9 atom stereocenters. The molecule has 4 fully saturated rings. The van der Waals surface area contributed by atoms with Crippen LogP contribution in [0.2, 0.25) is 0 Å². The van der Waals surface area contributed by atoms with Gasteiger partial charge < -0.3 is 10.0 Å². The van der Waals surface area contributed by atoms with Gasteiger partial charge in [0.25, 0.3) is 0 Å². The molecule has 0 spiro atoms. The van der Waals surface area contributed by atoms with Crippen LogP contribution in [0, 0.1) is 46.3 Å². The largest absolute Gasteiger partial charge is 0.393 e. The molecule has 4 aliphatic carbocycles. The lowest BCUT2D eigenvalue weighted by molar-refractivity contribution is -0.134. The van der Waals surface area contributed by atoms with Gasteiger partial charge in [-0.3, -0.25) is 4.79 Å². The molecule has 1 saturated heterocycles. The summed E-state index contributed by atoms with van der Waals surface area (Å²) in [6, 6.07) is 0. The van der Waals surface area contributed by atoms with E-state index < -0.39 is 0 Å². The predicted molar refractivity (Wildman–Crippen MR) is 130 cm³/mol. The second-order valence-electron chi connectivity index (χ2n) is 13.0. The number of carbonyl (C=O) groups is 1. The zero-order valence-electron chi connectivity index (χ0n) is 21.1. The molecular weight excluding hydrogens is 394 g/mol. The van der Waals surface area contributed by atoms with Gasteiger partial charge >= 0.3 is 0 Å². The molecular formula is C29H47NO2. The highest BCUT2D eigenvalue weighted by atomic mass is 16.3. The Morgan fingerprint density at radius 1 is 1.09 bits per heavy atom. The van der Waals surface area contributed by atoms with Gasteiger partial charge in [0.2, 0.25) is 5.91 Å². The smallest absolute Gasteiger partial charge is 0.225 e. The number of hydrogen-bond acceptors (Lipinski definition) is 2. The van der Waals surface area contributed by atoms with E-state index in [-0.39, 0.29) is 12.0 Å². The number of aliphatic hydroxyl groups is 1. The van der Waals surface area contributed by atoms with Crippen molar-refractivity contribution >= 4 is 5.91 Å². The number of fused-ring (bicyclic) bond motifs is 5. The lowest BCUT2D eigenvalue weighted by Gasteiger charge is -2.58. The Labute approximate surface area is 196 Å². The number of hydrogen-bond donors (Lipinski definition) is 1. The van der Waals surface area contributed by atoms with Crippen LogP contribution in [-0.4, -0.2) is 35.6 Å². The maximum absolute atomic E-state index is 12.9. The molecule has 1 aliphatic heterocycles. The summed E-state index contributed by atoms with van der Waals surface area (Å²) in [4.78, 5) is 14.9. The van der Waals surface area contributed by atoms with Gasteiger partial charge in [-0.25, -0.2) is 0 Å². The van der Waals surface area contributed by atoms with Crippen molar-refractivity contribution in [3.05, 3.63) is 11.6 Å². The molecule has 5 aliphatic rings. The predicted octanol–water partition coefficient (Wildman–Crippen LogP) is 6.21. The van der Waals surface area contributed by atoms with Crippen molar-refractivity contribution in [3.8, 4) is 0 Å². The van der Waals surface area contributed by atoms with Gasteiger partial charge in [0, 0.05) is 19.5 Å². The highest BCUT2D eigenvalue weighted by molar-refractivity contribution is 5.78. The average molecular weight is 442 g/mol. The number of amides is 1. The molecule has 1 amide bonds. The van der Waals surface area contributed by atoms with E-state index in [0.29, 0.717) is 22.7 Å². The third-order valence-electron chi connectivity index (χ3n) is 11.5. The first kappa shape index (κ1) is 22.9. The van der Waals surface area contributed by atoms with Gasteiger partial charge in [-0.05, 0) is 111 Å². The topological polar surface area (TPSA) is 40.5 Å². The van der Waals surface area contributed by atoms with Gasteiger partial charge in [-0.15, -0.1) is 0 Å². The van der Waals surface area contributed by atoms with Crippen LogP contribution >= 0.6 is 0 Å². The van der Waals surface area contributed by atoms with Crippen LogP contribution in [0.3, 0.4) is 0 Å². The highest BCUT2D eigenvalue weighted by Gasteiger charge is 2.59. The van der Waals surface area contributed by atoms with E-state index in [4.69, 9.17) is 0 Å². The maximum atomic E-state index is 12.9. The molecule has 0 radical (unpaired) electrons. The van der Waals surface area contributed by atoms with Crippen molar-refractivity contribution in [2.24, 2.45) is 46.3 Å². The number of allylic oxidation sites excluding steroid dienone is 1. The Balaban J connectivity index is 1.32. The number of carbonyl (C=O) groups excluding carboxylic acids is 1. The standard InChI is InChI=1S/C29H47NO2/c1-19(17-20-7-5-6-16-30(4)27(20)32)24-10-11-25-23-9-8-21-18-22(31)12-14-28(21,2)26(23)13-15-29(24,25)3/h8,19-20,22-26,31H,5-7,9-18H2,1-4H3/t19-,20+,22+,23+,24-,25+,26+,28+,29-/m1/s1. The number of likely N-dealkylation sites (tertiary alicyclic amines) is 1. The molecule has 0 aromatic carbocycles. The van der Waals surface area contributed by atoms with Crippen molar-refractivity contribution < 1.29 is 9.90 Å². The van der Waals surface area contributed by atoms with E-state index in [0.717, 1.165) is 55.9 Å². The van der Waals surface area contributed by atoms with Crippen molar-refractivity contribution in [3.63, 3.8) is 0 Å². The van der Waals surface area contributed by atoms with Gasteiger partial charge in [-0.2, -0.15) is 0 Å². The molecule has 1 heterocycles. The molecule has 3 heteroatoms. The van der Waals surface area contributed by atoms with Crippen LogP contribution < -0.4 is 0 Å². The minimum atomic E-state index is -0.109. The Morgan fingerprint density at radius 3 is 2.72 bits per heavy atom. The summed E-state index contributed by atoms with van der Waals surface area (Å²) in [6.45, 7) is 8.59. The third kappa shape index (κ3) is 3.60. The fraction of sp³-hybridized carbons (Fsp3) is 0.897. The van der Waals surface area contributed by atoms with Crippen LogP contribution in [0.25, 0.3) is 0 Å². The number of nitrogens with zero attached hydrogens (tertiary/aromatic N) is 1. The zero-order valence-corrected chi connectivity index (χ0v) is 21.1. The lowest BCUT2D eigenvalue weighted by atomic mass is 9.47. The first-order valence-corrected chi connectivity index (χ1v) is 13.9. The van der Waals surface area contributed by atoms with E-state index >= 15 is 0 Å². The highest BCUT2D eigenvalue weighted by Crippen LogP contribution is 2.67. The van der Waals surface area contributed by atoms with Gasteiger partial charge in [0.1, 0.15) is 0 Å². The van der Waals surface area contributed by atoms with Crippen LogP contribution in [0.4, 0.5) is 0 Å². The van der Waals surface area contributed by atoms with E-state index in [1.54, 1.807) is 5.57 Å². The minimum Gasteiger partial charge on any atom is -0.393 e. The van der Waals surface area contributed by atoms with E-state index in [1.807, 2.05) is 11.9 Å². The molecule has 180 valence electrons. The first-order valence-electron chi connectivity index (χ1n) is 13.9. The van der Waals surface area contributed by atoms with Gasteiger partial charge in [-0.1, -0.05) is 38.8 Å². The summed E-state index contributed by atoms with van der Waals surface area (Å²) in [6.07, 6.45) is 16.9. The fourth-order valence-electron chi connectivity index (χ4n) is 9.73. The summed E-state index contributed by atoms with van der Waals surface area (Å²) >= 11 is 0. The Hall–Kier alpha value is -0.830. The third-order valence-corrected chi connectivity index (χ3v) is 11.5. The second kappa shape index (κ2) is 8.43. The summed E-state index contributed by atoms with van der Waals surface area (Å²) in [5, 5.41) is 10.3. The number of rotatable bonds is 3. The monoisotopic (exact) mass is 441 g/mol. The van der Waals surface area contributed by atoms with Gasteiger partial charge in [0.05, 0.1) is 6.10 Å². The van der Waals surface area contributed by atoms with Crippen molar-refractivity contribution in [2.45, 2.75) is 104 Å². The summed E-state index contributed by atoms with van der Waals surface area (Å²) in [5.41, 5.74) is 2.38. The molecule has 0 aromatic rings. The molecule has 0 aromatic heterocycles. The molecule has 32 heavy (non-hydrogen) atoms.